The van der Waals surface area contributed by atoms with E-state index in [4.69, 9.17) is 28.8 Å². The minimum absolute atomic E-state index is 0.0378. The quantitative estimate of drug-likeness (QED) is 0.184. The number of oxazole rings is 1. The molecule has 9 aromatic rings. The van der Waals surface area contributed by atoms with Crippen molar-refractivity contribution in [3.8, 4) is 45.6 Å². The maximum Gasteiger partial charge on any atom is 0.227 e. The molecule has 0 saturated carbocycles. The van der Waals surface area contributed by atoms with Gasteiger partial charge in [-0.2, -0.15) is 0 Å². The van der Waals surface area contributed by atoms with Crippen LogP contribution in [0.5, 0.6) is 0 Å². The van der Waals surface area contributed by atoms with Crippen LogP contribution in [0, 0.1) is 0 Å². The monoisotopic (exact) mass is 678 g/mol. The molecule has 0 spiro atoms. The highest BCUT2D eigenvalue weighted by Gasteiger charge is 2.21. The molecule has 6 nitrogen and oxygen atoms in total. The van der Waals surface area contributed by atoms with E-state index in [0.717, 1.165) is 66.1 Å². The van der Waals surface area contributed by atoms with Crippen molar-refractivity contribution in [2.75, 3.05) is 0 Å². The number of nitrogens with zero attached hydrogens (tertiary/aromatic N) is 4. The van der Waals surface area contributed by atoms with Gasteiger partial charge in [-0.25, -0.2) is 19.9 Å². The summed E-state index contributed by atoms with van der Waals surface area (Å²) in [5.74, 6) is 2.43. The summed E-state index contributed by atoms with van der Waals surface area (Å²) in [5, 5.41) is 3.94. The number of aromatic nitrogens is 4. The third-order valence-corrected chi connectivity index (χ3v) is 9.90. The standard InChI is InChI=1S/C46H38N4O2/c1-45(2,3)32-19-12-28(13-20-32)41-48-42(29-14-21-33(22-15-29)46(4,5)6)50-43(49-41)31-18-24-36-34(26-31)39-37(51-36)25-17-27-16-23-35-40(38(27)39)52-44(47-35)30-10-8-7-9-11-30/h7-26H,1-6H3. The highest BCUT2D eigenvalue weighted by atomic mass is 16.3. The summed E-state index contributed by atoms with van der Waals surface area (Å²) in [4.78, 5) is 20.1. The molecule has 0 aliphatic rings. The van der Waals surface area contributed by atoms with Crippen molar-refractivity contribution in [3.05, 3.63) is 132 Å². The Labute approximate surface area is 302 Å². The summed E-state index contributed by atoms with van der Waals surface area (Å²) in [5.41, 5.74) is 9.34. The summed E-state index contributed by atoms with van der Waals surface area (Å²) < 4.78 is 13.0. The topological polar surface area (TPSA) is 77.8 Å². The fourth-order valence-corrected chi connectivity index (χ4v) is 6.91. The second-order valence-corrected chi connectivity index (χ2v) is 15.6. The molecule has 0 saturated heterocycles. The van der Waals surface area contributed by atoms with Gasteiger partial charge in [0.1, 0.15) is 16.7 Å². The summed E-state index contributed by atoms with van der Waals surface area (Å²) in [6, 6.07) is 41.5. The molecule has 0 unspecified atom stereocenters. The van der Waals surface area contributed by atoms with Crippen molar-refractivity contribution in [1.29, 1.82) is 0 Å². The Morgan fingerprint density at radius 1 is 0.442 bits per heavy atom. The average Bonchev–Trinajstić information content (AvgIpc) is 3.76. The lowest BCUT2D eigenvalue weighted by atomic mass is 9.86. The molecule has 6 heteroatoms. The second-order valence-electron chi connectivity index (χ2n) is 15.6. The first-order valence-corrected chi connectivity index (χ1v) is 17.7. The van der Waals surface area contributed by atoms with Crippen LogP contribution < -0.4 is 0 Å². The number of benzene rings is 6. The summed E-state index contributed by atoms with van der Waals surface area (Å²) in [6.45, 7) is 13.3. The fourth-order valence-electron chi connectivity index (χ4n) is 6.91. The molecule has 9 rings (SSSR count). The molecular formula is C46H38N4O2. The number of hydrogen-bond donors (Lipinski definition) is 0. The Kier molecular flexibility index (Phi) is 7.16. The lowest BCUT2D eigenvalue weighted by Gasteiger charge is -2.19. The van der Waals surface area contributed by atoms with Crippen LogP contribution in [0.2, 0.25) is 0 Å². The Balaban J connectivity index is 1.24. The molecule has 6 aromatic carbocycles. The molecule has 0 atom stereocenters. The molecular weight excluding hydrogens is 641 g/mol. The van der Waals surface area contributed by atoms with Gasteiger partial charge in [0.2, 0.25) is 5.89 Å². The lowest BCUT2D eigenvalue weighted by molar-refractivity contribution is 0.590. The van der Waals surface area contributed by atoms with Crippen molar-refractivity contribution in [1.82, 2.24) is 19.9 Å². The van der Waals surface area contributed by atoms with Crippen molar-refractivity contribution in [2.45, 2.75) is 52.4 Å². The van der Waals surface area contributed by atoms with Crippen LogP contribution in [0.3, 0.4) is 0 Å². The molecule has 0 N–H and O–H groups in total. The van der Waals surface area contributed by atoms with Gasteiger partial charge in [0.25, 0.3) is 0 Å². The summed E-state index contributed by atoms with van der Waals surface area (Å²) >= 11 is 0. The van der Waals surface area contributed by atoms with Gasteiger partial charge >= 0.3 is 0 Å². The van der Waals surface area contributed by atoms with E-state index >= 15 is 0 Å². The molecule has 0 aliphatic heterocycles. The molecule has 52 heavy (non-hydrogen) atoms. The second kappa shape index (κ2) is 11.7. The van der Waals surface area contributed by atoms with Crippen LogP contribution in [0.25, 0.3) is 89.4 Å². The predicted octanol–water partition coefficient (Wildman–Crippen LogP) is 12.3. The number of hydrogen-bond acceptors (Lipinski definition) is 6. The first-order chi connectivity index (χ1) is 25.0. The Bertz CT molecular complexity index is 2710. The van der Waals surface area contributed by atoms with Gasteiger partial charge in [0, 0.05) is 38.4 Å². The Morgan fingerprint density at radius 3 is 1.58 bits per heavy atom. The normalized spacial score (nSPS) is 12.4. The van der Waals surface area contributed by atoms with Gasteiger partial charge in [0.05, 0.1) is 0 Å². The number of rotatable bonds is 4. The van der Waals surface area contributed by atoms with Crippen LogP contribution in [-0.4, -0.2) is 19.9 Å². The maximum atomic E-state index is 6.51. The first-order valence-electron chi connectivity index (χ1n) is 17.7. The van der Waals surface area contributed by atoms with E-state index in [1.807, 2.05) is 54.6 Å². The van der Waals surface area contributed by atoms with Gasteiger partial charge in [-0.3, -0.25) is 0 Å². The van der Waals surface area contributed by atoms with E-state index in [9.17, 15) is 0 Å². The summed E-state index contributed by atoms with van der Waals surface area (Å²) in [6.07, 6.45) is 0. The third kappa shape index (κ3) is 5.52. The molecule has 254 valence electrons. The highest BCUT2D eigenvalue weighted by Crippen LogP contribution is 2.41. The zero-order chi connectivity index (χ0) is 35.8. The van der Waals surface area contributed by atoms with E-state index in [-0.39, 0.29) is 10.8 Å². The van der Waals surface area contributed by atoms with Gasteiger partial charge in [-0.05, 0) is 69.8 Å². The van der Waals surface area contributed by atoms with Crippen molar-refractivity contribution < 1.29 is 8.83 Å². The van der Waals surface area contributed by atoms with Crippen molar-refractivity contribution in [2.24, 2.45) is 0 Å². The molecule has 0 radical (unpaired) electrons. The Hall–Kier alpha value is -6.14. The molecule has 0 bridgehead atoms. The number of furan rings is 1. The van der Waals surface area contributed by atoms with E-state index in [2.05, 4.69) is 108 Å². The fraction of sp³-hybridized carbons (Fsp3) is 0.174. The minimum Gasteiger partial charge on any atom is -0.456 e. The first kappa shape index (κ1) is 31.8. The zero-order valence-electron chi connectivity index (χ0n) is 30.2. The highest BCUT2D eigenvalue weighted by molar-refractivity contribution is 6.25. The van der Waals surface area contributed by atoms with E-state index in [0.29, 0.717) is 23.4 Å². The largest absolute Gasteiger partial charge is 0.456 e. The summed E-state index contributed by atoms with van der Waals surface area (Å²) in [7, 11) is 0. The predicted molar refractivity (Wildman–Crippen MR) is 211 cm³/mol. The van der Waals surface area contributed by atoms with Gasteiger partial charge < -0.3 is 8.83 Å². The smallest absolute Gasteiger partial charge is 0.227 e. The number of fused-ring (bicyclic) bond motifs is 7. The van der Waals surface area contributed by atoms with Crippen LogP contribution in [0.4, 0.5) is 0 Å². The average molecular weight is 679 g/mol. The molecule has 3 heterocycles. The zero-order valence-corrected chi connectivity index (χ0v) is 30.2. The van der Waals surface area contributed by atoms with Crippen molar-refractivity contribution in [3.63, 3.8) is 0 Å². The van der Waals surface area contributed by atoms with E-state index in [1.165, 1.54) is 11.1 Å². The SMILES string of the molecule is CC(C)(C)c1ccc(-c2nc(-c3ccc(C(C)(C)C)cc3)nc(-c3ccc4oc5ccc6ccc7nc(-c8ccccc8)oc7c6c5c4c3)n2)cc1. The van der Waals surface area contributed by atoms with Gasteiger partial charge in [-0.1, -0.05) is 120 Å². The molecule has 3 aromatic heterocycles. The van der Waals surface area contributed by atoms with E-state index < -0.39 is 0 Å². The molecule has 0 fully saturated rings. The van der Waals surface area contributed by atoms with Crippen molar-refractivity contribution >= 4 is 43.8 Å². The third-order valence-electron chi connectivity index (χ3n) is 9.90. The van der Waals surface area contributed by atoms with Crippen LogP contribution >= 0.6 is 0 Å². The van der Waals surface area contributed by atoms with Crippen LogP contribution in [0.1, 0.15) is 52.7 Å². The van der Waals surface area contributed by atoms with Crippen LogP contribution in [0.15, 0.2) is 130 Å². The minimum atomic E-state index is 0.0378. The lowest BCUT2D eigenvalue weighted by Crippen LogP contribution is -2.10. The van der Waals surface area contributed by atoms with Gasteiger partial charge in [0.15, 0.2) is 23.1 Å². The van der Waals surface area contributed by atoms with Crippen LogP contribution in [-0.2, 0) is 10.8 Å². The maximum absolute atomic E-state index is 6.51. The Morgan fingerprint density at radius 2 is 0.981 bits per heavy atom. The van der Waals surface area contributed by atoms with Gasteiger partial charge in [-0.15, -0.1) is 0 Å². The van der Waals surface area contributed by atoms with E-state index in [1.54, 1.807) is 0 Å². The molecule has 0 amide bonds. The molecule has 0 aliphatic carbocycles.